The largest absolute Gasteiger partial charge is 0.411 e. The molecule has 66 valence electrons. The van der Waals surface area contributed by atoms with Gasteiger partial charge in [-0.3, -0.25) is 0 Å². The highest BCUT2D eigenvalue weighted by molar-refractivity contribution is 5.36. The van der Waals surface area contributed by atoms with Gasteiger partial charge in [-0.05, 0) is 18.1 Å². The third kappa shape index (κ3) is 1.75. The standard InChI is InChI=1S/C9H14N2O/c1-2-7-3-4-9(12-11)8(5-7)6-10/h3-5H,2,6,10-11H2,1H3. The summed E-state index contributed by atoms with van der Waals surface area (Å²) in [4.78, 5) is 4.66. The van der Waals surface area contributed by atoms with Gasteiger partial charge >= 0.3 is 0 Å². The van der Waals surface area contributed by atoms with Crippen LogP contribution in [0.1, 0.15) is 18.1 Å². The number of hydrogen-bond acceptors (Lipinski definition) is 3. The van der Waals surface area contributed by atoms with Crippen LogP contribution in [0.4, 0.5) is 0 Å². The van der Waals surface area contributed by atoms with Gasteiger partial charge in [0, 0.05) is 12.1 Å². The van der Waals surface area contributed by atoms with Crippen LogP contribution in [0.5, 0.6) is 5.75 Å². The van der Waals surface area contributed by atoms with Crippen molar-refractivity contribution < 1.29 is 4.84 Å². The van der Waals surface area contributed by atoms with E-state index in [1.807, 2.05) is 18.2 Å². The fourth-order valence-corrected chi connectivity index (χ4v) is 1.13. The van der Waals surface area contributed by atoms with Crippen LogP contribution in [-0.4, -0.2) is 0 Å². The summed E-state index contributed by atoms with van der Waals surface area (Å²) in [5, 5.41) is 0. The fourth-order valence-electron chi connectivity index (χ4n) is 1.13. The van der Waals surface area contributed by atoms with Crippen LogP contribution in [0.2, 0.25) is 0 Å². The van der Waals surface area contributed by atoms with E-state index >= 15 is 0 Å². The summed E-state index contributed by atoms with van der Waals surface area (Å²) in [7, 11) is 0. The van der Waals surface area contributed by atoms with Gasteiger partial charge in [-0.1, -0.05) is 19.1 Å². The molecule has 0 radical (unpaired) electrons. The van der Waals surface area contributed by atoms with Crippen molar-refractivity contribution >= 4 is 0 Å². The summed E-state index contributed by atoms with van der Waals surface area (Å²) in [6.07, 6.45) is 0.998. The Morgan fingerprint density at radius 2 is 2.17 bits per heavy atom. The zero-order chi connectivity index (χ0) is 8.97. The molecule has 3 nitrogen and oxygen atoms in total. The molecule has 0 spiro atoms. The lowest BCUT2D eigenvalue weighted by Gasteiger charge is -2.06. The molecule has 0 aliphatic rings. The molecule has 0 aliphatic heterocycles. The number of rotatable bonds is 3. The van der Waals surface area contributed by atoms with Gasteiger partial charge in [0.1, 0.15) is 0 Å². The van der Waals surface area contributed by atoms with E-state index in [-0.39, 0.29) is 0 Å². The maximum absolute atomic E-state index is 5.51. The van der Waals surface area contributed by atoms with Gasteiger partial charge in [-0.2, -0.15) is 5.90 Å². The van der Waals surface area contributed by atoms with Gasteiger partial charge in [0.15, 0.2) is 5.75 Å². The molecule has 0 amide bonds. The Labute approximate surface area is 72.3 Å². The maximum atomic E-state index is 5.51. The lowest BCUT2D eigenvalue weighted by Crippen LogP contribution is -2.07. The van der Waals surface area contributed by atoms with Crippen LogP contribution >= 0.6 is 0 Å². The molecule has 0 unspecified atom stereocenters. The van der Waals surface area contributed by atoms with Crippen LogP contribution in [-0.2, 0) is 13.0 Å². The van der Waals surface area contributed by atoms with Gasteiger partial charge in [0.25, 0.3) is 0 Å². The quantitative estimate of drug-likeness (QED) is 0.657. The summed E-state index contributed by atoms with van der Waals surface area (Å²) in [6, 6.07) is 5.85. The number of aryl methyl sites for hydroxylation is 1. The molecule has 12 heavy (non-hydrogen) atoms. The second-order valence-electron chi connectivity index (χ2n) is 2.62. The molecular weight excluding hydrogens is 152 g/mol. The highest BCUT2D eigenvalue weighted by Gasteiger charge is 2.01. The van der Waals surface area contributed by atoms with Crippen molar-refractivity contribution in [2.24, 2.45) is 11.6 Å². The lowest BCUT2D eigenvalue weighted by atomic mass is 10.1. The minimum Gasteiger partial charge on any atom is -0.411 e. The average molecular weight is 166 g/mol. The third-order valence-corrected chi connectivity index (χ3v) is 1.88. The van der Waals surface area contributed by atoms with Crippen molar-refractivity contribution in [1.82, 2.24) is 0 Å². The van der Waals surface area contributed by atoms with Crippen molar-refractivity contribution in [2.75, 3.05) is 0 Å². The average Bonchev–Trinajstić information content (AvgIpc) is 2.16. The first-order chi connectivity index (χ1) is 5.81. The molecule has 4 N–H and O–H groups in total. The van der Waals surface area contributed by atoms with Gasteiger partial charge in [0.2, 0.25) is 0 Å². The van der Waals surface area contributed by atoms with Crippen LogP contribution in [0.3, 0.4) is 0 Å². The normalized spacial score (nSPS) is 9.92. The Kier molecular flexibility index (Phi) is 3.08. The number of benzene rings is 1. The Morgan fingerprint density at radius 1 is 1.42 bits per heavy atom. The van der Waals surface area contributed by atoms with Crippen molar-refractivity contribution in [3.63, 3.8) is 0 Å². The second-order valence-corrected chi connectivity index (χ2v) is 2.62. The van der Waals surface area contributed by atoms with E-state index in [0.717, 1.165) is 12.0 Å². The van der Waals surface area contributed by atoms with E-state index in [0.29, 0.717) is 12.3 Å². The Bertz CT molecular complexity index is 261. The second kappa shape index (κ2) is 4.09. The SMILES string of the molecule is CCc1ccc(ON)c(CN)c1. The summed E-state index contributed by atoms with van der Waals surface area (Å²) in [6.45, 7) is 2.55. The van der Waals surface area contributed by atoms with E-state index < -0.39 is 0 Å². The Balaban J connectivity index is 3.02. The highest BCUT2D eigenvalue weighted by atomic mass is 16.6. The van der Waals surface area contributed by atoms with Gasteiger partial charge in [-0.15, -0.1) is 0 Å². The molecular formula is C9H14N2O. The molecule has 0 saturated heterocycles. The minimum atomic E-state index is 0.459. The Hall–Kier alpha value is -1.06. The molecule has 1 aromatic rings. The third-order valence-electron chi connectivity index (χ3n) is 1.88. The summed E-state index contributed by atoms with van der Waals surface area (Å²) in [5.74, 6) is 5.72. The number of nitrogens with two attached hydrogens (primary N) is 2. The van der Waals surface area contributed by atoms with Crippen LogP contribution in [0.25, 0.3) is 0 Å². The first kappa shape index (κ1) is 9.03. The van der Waals surface area contributed by atoms with Gasteiger partial charge in [0.05, 0.1) is 0 Å². The molecule has 0 fully saturated rings. The van der Waals surface area contributed by atoms with Crippen LogP contribution in [0.15, 0.2) is 18.2 Å². The number of hydrogen-bond donors (Lipinski definition) is 2. The summed E-state index contributed by atoms with van der Waals surface area (Å²) >= 11 is 0. The van der Waals surface area contributed by atoms with Crippen molar-refractivity contribution in [3.8, 4) is 5.75 Å². The van der Waals surface area contributed by atoms with E-state index in [1.54, 1.807) is 0 Å². The molecule has 0 aliphatic carbocycles. The molecule has 0 saturated carbocycles. The lowest BCUT2D eigenvalue weighted by molar-refractivity contribution is 0.330. The monoisotopic (exact) mass is 166 g/mol. The molecule has 1 aromatic carbocycles. The zero-order valence-corrected chi connectivity index (χ0v) is 7.21. The molecule has 0 bridgehead atoms. The predicted octanol–water partition coefficient (Wildman–Crippen LogP) is 0.960. The first-order valence-electron chi connectivity index (χ1n) is 4.00. The maximum Gasteiger partial charge on any atom is 0.151 e. The van der Waals surface area contributed by atoms with E-state index in [4.69, 9.17) is 11.6 Å². The molecule has 0 aromatic heterocycles. The van der Waals surface area contributed by atoms with Gasteiger partial charge < -0.3 is 10.6 Å². The minimum absolute atomic E-state index is 0.459. The zero-order valence-electron chi connectivity index (χ0n) is 7.21. The Morgan fingerprint density at radius 3 is 2.67 bits per heavy atom. The van der Waals surface area contributed by atoms with Crippen LogP contribution in [0, 0.1) is 0 Å². The smallest absolute Gasteiger partial charge is 0.151 e. The van der Waals surface area contributed by atoms with Gasteiger partial charge in [-0.25, -0.2) is 0 Å². The van der Waals surface area contributed by atoms with Crippen molar-refractivity contribution in [2.45, 2.75) is 19.9 Å². The fraction of sp³-hybridized carbons (Fsp3) is 0.333. The topological polar surface area (TPSA) is 61.3 Å². The highest BCUT2D eigenvalue weighted by Crippen LogP contribution is 2.18. The summed E-state index contributed by atoms with van der Waals surface area (Å²) < 4.78 is 0. The molecule has 0 heterocycles. The summed E-state index contributed by atoms with van der Waals surface area (Å²) in [5.41, 5.74) is 7.72. The van der Waals surface area contributed by atoms with Crippen LogP contribution < -0.4 is 16.5 Å². The van der Waals surface area contributed by atoms with E-state index in [9.17, 15) is 0 Å². The predicted molar refractivity (Wildman–Crippen MR) is 48.5 cm³/mol. The van der Waals surface area contributed by atoms with Crippen molar-refractivity contribution in [1.29, 1.82) is 0 Å². The van der Waals surface area contributed by atoms with E-state index in [2.05, 4.69) is 11.8 Å². The molecule has 0 atom stereocenters. The first-order valence-corrected chi connectivity index (χ1v) is 4.00. The molecule has 1 rings (SSSR count). The van der Waals surface area contributed by atoms with Crippen molar-refractivity contribution in [3.05, 3.63) is 29.3 Å². The molecule has 3 heteroatoms. The van der Waals surface area contributed by atoms with E-state index in [1.165, 1.54) is 5.56 Å².